The second-order valence-corrected chi connectivity index (χ2v) is 2.43. The molecule has 0 aliphatic rings. The Balaban J connectivity index is -0.000000500. The van der Waals surface area contributed by atoms with Crippen molar-refractivity contribution >= 4 is 14.7 Å². The summed E-state index contributed by atoms with van der Waals surface area (Å²) in [5.74, 6) is 0. The van der Waals surface area contributed by atoms with Crippen LogP contribution in [0.5, 0.6) is 0 Å². The van der Waals surface area contributed by atoms with Crippen LogP contribution in [0, 0.1) is 0 Å². The zero-order chi connectivity index (χ0) is 8.69. The van der Waals surface area contributed by atoms with Gasteiger partial charge in [0.1, 0.15) is 6.61 Å². The van der Waals surface area contributed by atoms with Crippen LogP contribution in [-0.2, 0) is 13.9 Å². The van der Waals surface area contributed by atoms with E-state index in [1.165, 1.54) is 0 Å². The largest absolute Gasteiger partial charge is 1.00 e. The zero-order valence-electron chi connectivity index (χ0n) is 7.71. The number of carbonyl (C=O) groups excluding carboxylic acids is 1. The predicted molar refractivity (Wildman–Crippen MR) is 36.1 cm³/mol. The Labute approximate surface area is 94.2 Å². The monoisotopic (exact) mass is 206 g/mol. The van der Waals surface area contributed by atoms with Crippen molar-refractivity contribution in [2.75, 3.05) is 13.2 Å². The Hall–Kier alpha value is 0.450. The maximum absolute atomic E-state index is 9.89. The van der Waals surface area contributed by atoms with Gasteiger partial charge in [-0.3, -0.25) is 10.0 Å². The van der Waals surface area contributed by atoms with Gasteiger partial charge in [-0.25, -0.2) is 5.06 Å². The van der Waals surface area contributed by atoms with Crippen LogP contribution >= 0.6 is 8.25 Å². The first-order valence-corrected chi connectivity index (χ1v) is 3.99. The van der Waals surface area contributed by atoms with E-state index in [1.54, 1.807) is 0 Å². The third-order valence-electron chi connectivity index (χ3n) is 0.855. The molecule has 0 aromatic carbocycles. The molecule has 0 aliphatic carbocycles. The molecular formula is C4H10NNaO5P+. The van der Waals surface area contributed by atoms with Crippen LogP contribution in [0.15, 0.2) is 0 Å². The Morgan fingerprint density at radius 3 is 2.67 bits per heavy atom. The Morgan fingerprint density at radius 1 is 1.67 bits per heavy atom. The average Bonchev–Trinajstić information content (AvgIpc) is 1.97. The van der Waals surface area contributed by atoms with Crippen molar-refractivity contribution in [2.45, 2.75) is 6.42 Å². The third-order valence-corrected chi connectivity index (χ3v) is 1.26. The van der Waals surface area contributed by atoms with Crippen molar-refractivity contribution in [3.8, 4) is 0 Å². The first-order chi connectivity index (χ1) is 5.16. The maximum Gasteiger partial charge on any atom is 1.00 e. The molecule has 12 heavy (non-hydrogen) atoms. The number of hydroxylamine groups is 2. The molecule has 0 fully saturated rings. The fourth-order valence-corrected chi connectivity index (χ4v) is 0.707. The molecule has 0 radical (unpaired) electrons. The molecule has 0 spiro atoms. The molecule has 66 valence electrons. The van der Waals surface area contributed by atoms with Crippen molar-refractivity contribution in [3.05, 3.63) is 0 Å². The topological polar surface area (TPSA) is 87.1 Å². The van der Waals surface area contributed by atoms with Crippen molar-refractivity contribution < 1.29 is 55.0 Å². The number of carbonyl (C=O) groups is 1. The second-order valence-electron chi connectivity index (χ2n) is 1.69. The molecule has 2 N–H and O–H groups in total. The van der Waals surface area contributed by atoms with Gasteiger partial charge in [-0.05, 0) is 6.42 Å². The molecule has 0 aromatic rings. The normalized spacial score (nSPS) is 10.0. The van der Waals surface area contributed by atoms with Gasteiger partial charge in [-0.2, -0.15) is 0 Å². The smallest absolute Gasteiger partial charge is 1.00 e. The summed E-state index contributed by atoms with van der Waals surface area (Å²) in [6.45, 7) is 0.128. The van der Waals surface area contributed by atoms with E-state index in [4.69, 9.17) is 10.1 Å². The second kappa shape index (κ2) is 9.54. The van der Waals surface area contributed by atoms with E-state index in [9.17, 15) is 9.36 Å². The minimum absolute atomic E-state index is 0. The minimum Gasteiger partial charge on any atom is -1.00 e. The molecular weight excluding hydrogens is 196 g/mol. The van der Waals surface area contributed by atoms with E-state index < -0.39 is 8.25 Å². The fraction of sp³-hybridized carbons (Fsp3) is 0.750. The molecule has 0 saturated carbocycles. The van der Waals surface area contributed by atoms with Crippen molar-refractivity contribution in [1.29, 1.82) is 0 Å². The van der Waals surface area contributed by atoms with Crippen molar-refractivity contribution in [1.82, 2.24) is 5.06 Å². The van der Waals surface area contributed by atoms with Gasteiger partial charge in [0.2, 0.25) is 6.41 Å². The van der Waals surface area contributed by atoms with Gasteiger partial charge in [0.25, 0.3) is 0 Å². The minimum atomic E-state index is -2.57. The Bertz CT molecular complexity index is 150. The van der Waals surface area contributed by atoms with Gasteiger partial charge in [0, 0.05) is 4.57 Å². The Kier molecular flexibility index (Phi) is 11.9. The molecule has 1 atom stereocenters. The van der Waals surface area contributed by atoms with E-state index in [-0.39, 0.29) is 50.5 Å². The summed E-state index contributed by atoms with van der Waals surface area (Å²) in [7, 11) is -2.57. The number of nitrogens with zero attached hydrogens (tertiary/aromatic N) is 1. The van der Waals surface area contributed by atoms with Crippen molar-refractivity contribution in [2.24, 2.45) is 0 Å². The molecule has 0 bridgehead atoms. The molecule has 0 aliphatic heterocycles. The molecule has 1 amide bonds. The van der Waals surface area contributed by atoms with E-state index in [2.05, 4.69) is 4.52 Å². The molecule has 8 heteroatoms. The van der Waals surface area contributed by atoms with Gasteiger partial charge in [-0.1, -0.05) is 0 Å². The first kappa shape index (κ1) is 14.9. The molecule has 0 saturated heterocycles. The SMILES string of the molecule is O=CN(O)CCCO[P+](=O)O.[H-].[Na+]. The summed E-state index contributed by atoms with van der Waals surface area (Å²) in [6.07, 6.45) is 0.565. The third kappa shape index (κ3) is 10.4. The number of hydrogen-bond acceptors (Lipinski definition) is 4. The summed E-state index contributed by atoms with van der Waals surface area (Å²) in [5.41, 5.74) is 0. The summed E-state index contributed by atoms with van der Waals surface area (Å²) in [4.78, 5) is 17.9. The van der Waals surface area contributed by atoms with Gasteiger partial charge < -0.3 is 1.43 Å². The maximum atomic E-state index is 9.89. The van der Waals surface area contributed by atoms with Crippen LogP contribution in [-0.4, -0.2) is 34.7 Å². The van der Waals surface area contributed by atoms with E-state index in [0.29, 0.717) is 11.5 Å². The first-order valence-electron chi connectivity index (χ1n) is 2.86. The van der Waals surface area contributed by atoms with E-state index in [1.807, 2.05) is 0 Å². The molecule has 0 rings (SSSR count). The number of rotatable bonds is 6. The summed E-state index contributed by atoms with van der Waals surface area (Å²) in [6, 6.07) is 0. The van der Waals surface area contributed by atoms with Crippen LogP contribution < -0.4 is 29.6 Å². The zero-order valence-corrected chi connectivity index (χ0v) is 9.61. The van der Waals surface area contributed by atoms with Crippen LogP contribution in [0.4, 0.5) is 0 Å². The predicted octanol–water partition coefficient (Wildman–Crippen LogP) is -2.99. The molecule has 0 heterocycles. The van der Waals surface area contributed by atoms with Crippen molar-refractivity contribution in [3.63, 3.8) is 0 Å². The van der Waals surface area contributed by atoms with Crippen LogP contribution in [0.2, 0.25) is 0 Å². The molecule has 0 aromatic heterocycles. The van der Waals surface area contributed by atoms with Crippen LogP contribution in [0.1, 0.15) is 7.85 Å². The van der Waals surface area contributed by atoms with Gasteiger partial charge in [0.05, 0.1) is 6.54 Å². The fourth-order valence-electron chi connectivity index (χ4n) is 0.422. The standard InChI is InChI=1S/C4H8NO5P.Na.H/c6-4-5(7)2-1-3-10-11(8)9;;/h4,7H,1-3H2;;/q;+1;-1/p+1. The quantitative estimate of drug-likeness (QED) is 0.121. The Morgan fingerprint density at radius 2 is 2.25 bits per heavy atom. The van der Waals surface area contributed by atoms with E-state index in [0.717, 1.165) is 0 Å². The van der Waals surface area contributed by atoms with E-state index >= 15 is 0 Å². The average molecular weight is 206 g/mol. The summed E-state index contributed by atoms with van der Waals surface area (Å²) in [5, 5.41) is 8.94. The molecule has 1 unspecified atom stereocenters. The van der Waals surface area contributed by atoms with Gasteiger partial charge in [-0.15, -0.1) is 9.42 Å². The number of hydrogen-bond donors (Lipinski definition) is 2. The summed E-state index contributed by atoms with van der Waals surface area (Å²) >= 11 is 0. The van der Waals surface area contributed by atoms with Gasteiger partial charge in [0.15, 0.2) is 0 Å². The molecule has 6 nitrogen and oxygen atoms in total. The van der Waals surface area contributed by atoms with Gasteiger partial charge >= 0.3 is 37.8 Å². The number of amides is 1. The summed E-state index contributed by atoms with van der Waals surface area (Å²) < 4.78 is 14.1. The van der Waals surface area contributed by atoms with Crippen LogP contribution in [0.25, 0.3) is 0 Å². The van der Waals surface area contributed by atoms with Crippen LogP contribution in [0.3, 0.4) is 0 Å².